The zero-order valence-electron chi connectivity index (χ0n) is 17.4. The molecule has 3 aromatic rings. The summed E-state index contributed by atoms with van der Waals surface area (Å²) in [4.78, 5) is 12.6. The largest absolute Gasteiger partial charge is 0.416 e. The summed E-state index contributed by atoms with van der Waals surface area (Å²) in [6.07, 6.45) is -4.51. The summed E-state index contributed by atoms with van der Waals surface area (Å²) < 4.78 is 66.2. The topological polar surface area (TPSA) is 66.5 Å². The van der Waals surface area contributed by atoms with Crippen LogP contribution in [0.25, 0.3) is 0 Å². The summed E-state index contributed by atoms with van der Waals surface area (Å²) in [6, 6.07) is 16.7. The molecule has 0 aliphatic carbocycles. The van der Waals surface area contributed by atoms with Crippen LogP contribution in [0.1, 0.15) is 16.7 Å². The summed E-state index contributed by atoms with van der Waals surface area (Å²) in [6.45, 7) is 1.03. The average molecular weight is 497 g/mol. The number of nitrogens with zero attached hydrogens (tertiary/aromatic N) is 1. The van der Waals surface area contributed by atoms with Crippen LogP contribution in [0.15, 0.2) is 77.7 Å². The quantitative estimate of drug-likeness (QED) is 0.490. The second-order valence-corrected chi connectivity index (χ2v) is 9.58. The van der Waals surface area contributed by atoms with E-state index in [0.717, 1.165) is 22.0 Å². The third-order valence-electron chi connectivity index (χ3n) is 4.74. The first-order valence-electron chi connectivity index (χ1n) is 9.74. The van der Waals surface area contributed by atoms with E-state index in [2.05, 4.69) is 5.32 Å². The summed E-state index contributed by atoms with van der Waals surface area (Å²) in [5.74, 6) is -0.692. The number of rotatable bonds is 7. The lowest BCUT2D eigenvalue weighted by atomic mass is 10.1. The molecular formula is C23H20ClF3N2O3S. The van der Waals surface area contributed by atoms with Crippen LogP contribution in [-0.2, 0) is 27.5 Å². The number of halogens is 4. The predicted molar refractivity (Wildman–Crippen MR) is 120 cm³/mol. The maximum atomic E-state index is 13.3. The van der Waals surface area contributed by atoms with Crippen LogP contribution in [-0.4, -0.2) is 20.9 Å². The first-order chi connectivity index (χ1) is 15.5. The standard InChI is InChI=1S/C23H20ClF3N2O3S/c1-16-8-10-21(11-9-16)33(31,32)29(20-7-3-6-19(24)13-20)15-22(30)28-14-17-4-2-5-18(12-17)23(25,26)27/h2-13H,14-15H2,1H3,(H,28,30). The minimum absolute atomic E-state index is 0.0150. The number of anilines is 1. The lowest BCUT2D eigenvalue weighted by molar-refractivity contribution is -0.137. The van der Waals surface area contributed by atoms with E-state index in [1.165, 1.54) is 36.4 Å². The van der Waals surface area contributed by atoms with Crippen LogP contribution in [0.4, 0.5) is 18.9 Å². The maximum Gasteiger partial charge on any atom is 0.416 e. The van der Waals surface area contributed by atoms with Gasteiger partial charge >= 0.3 is 6.18 Å². The van der Waals surface area contributed by atoms with Crippen LogP contribution in [0.3, 0.4) is 0 Å². The van der Waals surface area contributed by atoms with Gasteiger partial charge in [0.15, 0.2) is 0 Å². The minimum atomic E-state index is -4.51. The maximum absolute atomic E-state index is 13.3. The molecule has 0 radical (unpaired) electrons. The number of aryl methyl sites for hydroxylation is 1. The summed E-state index contributed by atoms with van der Waals surface area (Å²) >= 11 is 6.02. The van der Waals surface area contributed by atoms with Gasteiger partial charge in [0.25, 0.3) is 10.0 Å². The lowest BCUT2D eigenvalue weighted by Crippen LogP contribution is -2.40. The van der Waals surface area contributed by atoms with Gasteiger partial charge in [-0.25, -0.2) is 8.42 Å². The Labute approximate surface area is 194 Å². The number of benzene rings is 3. The molecule has 33 heavy (non-hydrogen) atoms. The number of hydrogen-bond acceptors (Lipinski definition) is 3. The highest BCUT2D eigenvalue weighted by Crippen LogP contribution is 2.29. The fourth-order valence-electron chi connectivity index (χ4n) is 3.03. The third-order valence-corrected chi connectivity index (χ3v) is 6.76. The van der Waals surface area contributed by atoms with Gasteiger partial charge in [0.05, 0.1) is 16.1 Å². The molecular weight excluding hydrogens is 477 g/mol. The highest BCUT2D eigenvalue weighted by Gasteiger charge is 2.30. The van der Waals surface area contributed by atoms with E-state index in [4.69, 9.17) is 11.6 Å². The summed E-state index contributed by atoms with van der Waals surface area (Å²) in [5.41, 5.74) is 0.435. The number of sulfonamides is 1. The number of carbonyl (C=O) groups is 1. The molecule has 0 aliphatic rings. The zero-order valence-corrected chi connectivity index (χ0v) is 19.0. The molecule has 0 atom stereocenters. The second-order valence-electron chi connectivity index (χ2n) is 7.28. The van der Waals surface area contributed by atoms with Crippen molar-refractivity contribution in [2.45, 2.75) is 24.5 Å². The lowest BCUT2D eigenvalue weighted by Gasteiger charge is -2.24. The minimum Gasteiger partial charge on any atom is -0.350 e. The van der Waals surface area contributed by atoms with Crippen molar-refractivity contribution in [1.29, 1.82) is 0 Å². The van der Waals surface area contributed by atoms with Crippen molar-refractivity contribution in [3.8, 4) is 0 Å². The van der Waals surface area contributed by atoms with E-state index in [1.54, 1.807) is 24.3 Å². The molecule has 3 aromatic carbocycles. The molecule has 3 rings (SSSR count). The van der Waals surface area contributed by atoms with Gasteiger partial charge in [-0.05, 0) is 55.0 Å². The smallest absolute Gasteiger partial charge is 0.350 e. The Morgan fingerprint density at radius 2 is 1.67 bits per heavy atom. The molecule has 0 unspecified atom stereocenters. The molecule has 0 spiro atoms. The van der Waals surface area contributed by atoms with Gasteiger partial charge in [0, 0.05) is 11.6 Å². The van der Waals surface area contributed by atoms with E-state index in [0.29, 0.717) is 0 Å². The molecule has 0 fully saturated rings. The highest BCUT2D eigenvalue weighted by molar-refractivity contribution is 7.92. The molecule has 0 aliphatic heterocycles. The number of alkyl halides is 3. The number of carbonyl (C=O) groups excluding carboxylic acids is 1. The summed E-state index contributed by atoms with van der Waals surface area (Å²) in [7, 11) is -4.13. The van der Waals surface area contributed by atoms with Crippen LogP contribution in [0.2, 0.25) is 5.02 Å². The SMILES string of the molecule is Cc1ccc(S(=O)(=O)N(CC(=O)NCc2cccc(C(F)(F)F)c2)c2cccc(Cl)c2)cc1. The molecule has 5 nitrogen and oxygen atoms in total. The van der Waals surface area contributed by atoms with E-state index in [-0.39, 0.29) is 27.7 Å². The van der Waals surface area contributed by atoms with Gasteiger partial charge in [-0.3, -0.25) is 9.10 Å². The van der Waals surface area contributed by atoms with Crippen LogP contribution in [0, 0.1) is 6.92 Å². The van der Waals surface area contributed by atoms with Crippen molar-refractivity contribution in [2.24, 2.45) is 0 Å². The molecule has 0 bridgehead atoms. The van der Waals surface area contributed by atoms with Crippen LogP contribution < -0.4 is 9.62 Å². The molecule has 1 amide bonds. The van der Waals surface area contributed by atoms with E-state index in [1.807, 2.05) is 6.92 Å². The van der Waals surface area contributed by atoms with E-state index >= 15 is 0 Å². The summed E-state index contributed by atoms with van der Waals surface area (Å²) in [5, 5.41) is 2.76. The zero-order chi connectivity index (χ0) is 24.2. The number of hydrogen-bond donors (Lipinski definition) is 1. The molecule has 0 aromatic heterocycles. The fraction of sp³-hybridized carbons (Fsp3) is 0.174. The van der Waals surface area contributed by atoms with Crippen molar-refractivity contribution >= 4 is 33.2 Å². The highest BCUT2D eigenvalue weighted by atomic mass is 35.5. The van der Waals surface area contributed by atoms with Gasteiger partial charge in [-0.15, -0.1) is 0 Å². The third kappa shape index (κ3) is 6.27. The van der Waals surface area contributed by atoms with Crippen LogP contribution >= 0.6 is 11.6 Å². The van der Waals surface area contributed by atoms with Crippen molar-refractivity contribution in [1.82, 2.24) is 5.32 Å². The van der Waals surface area contributed by atoms with Gasteiger partial charge in [0.1, 0.15) is 6.54 Å². The number of nitrogens with one attached hydrogen (secondary N) is 1. The van der Waals surface area contributed by atoms with Crippen molar-refractivity contribution in [3.63, 3.8) is 0 Å². The van der Waals surface area contributed by atoms with Gasteiger partial charge < -0.3 is 5.32 Å². The Balaban J connectivity index is 1.83. The van der Waals surface area contributed by atoms with Crippen molar-refractivity contribution < 1.29 is 26.4 Å². The molecule has 0 heterocycles. The van der Waals surface area contributed by atoms with E-state index in [9.17, 15) is 26.4 Å². The predicted octanol–water partition coefficient (Wildman–Crippen LogP) is 5.18. The molecule has 0 saturated carbocycles. The Morgan fingerprint density at radius 3 is 2.30 bits per heavy atom. The Hall–Kier alpha value is -3.04. The first-order valence-corrected chi connectivity index (χ1v) is 11.6. The molecule has 0 saturated heterocycles. The number of amides is 1. The van der Waals surface area contributed by atoms with Crippen molar-refractivity contribution in [3.05, 3.63) is 94.5 Å². The first kappa shape index (κ1) is 24.6. The molecule has 174 valence electrons. The Kier molecular flexibility index (Phi) is 7.34. The van der Waals surface area contributed by atoms with Crippen molar-refractivity contribution in [2.75, 3.05) is 10.8 Å². The van der Waals surface area contributed by atoms with Gasteiger partial charge in [0.2, 0.25) is 5.91 Å². The molecule has 1 N–H and O–H groups in total. The van der Waals surface area contributed by atoms with Gasteiger partial charge in [-0.1, -0.05) is 47.5 Å². The Bertz CT molecular complexity index is 1250. The Morgan fingerprint density at radius 1 is 1.00 bits per heavy atom. The monoisotopic (exact) mass is 496 g/mol. The van der Waals surface area contributed by atoms with Crippen LogP contribution in [0.5, 0.6) is 0 Å². The van der Waals surface area contributed by atoms with E-state index < -0.39 is 34.2 Å². The second kappa shape index (κ2) is 9.84. The van der Waals surface area contributed by atoms with Gasteiger partial charge in [-0.2, -0.15) is 13.2 Å². The average Bonchev–Trinajstić information content (AvgIpc) is 2.76. The molecule has 10 heteroatoms. The fourth-order valence-corrected chi connectivity index (χ4v) is 4.63. The normalized spacial score (nSPS) is 11.8.